The van der Waals surface area contributed by atoms with Gasteiger partial charge in [0.05, 0.1) is 17.5 Å². The second kappa shape index (κ2) is 18.1. The zero-order chi connectivity index (χ0) is 40.2. The van der Waals surface area contributed by atoms with Crippen molar-refractivity contribution < 1.29 is 32.2 Å². The van der Waals surface area contributed by atoms with Crippen molar-refractivity contribution in [3.63, 3.8) is 0 Å². The number of amides is 1. The Bertz CT molecular complexity index is 1870. The molecular weight excluding hydrogens is 764 g/mol. The molecule has 2 aliphatic carbocycles. The molecule has 2 aromatic rings. The van der Waals surface area contributed by atoms with Crippen molar-refractivity contribution in [3.8, 4) is 5.75 Å². The first-order chi connectivity index (χ1) is 27.5. The Balaban J connectivity index is 0.000000428. The van der Waals surface area contributed by atoms with Crippen LogP contribution >= 0.6 is 11.6 Å². The Labute approximate surface area is 344 Å². The van der Waals surface area contributed by atoms with Gasteiger partial charge in [0.1, 0.15) is 11.4 Å². The lowest BCUT2D eigenvalue weighted by atomic mass is 9.64. The van der Waals surface area contributed by atoms with E-state index in [1.165, 1.54) is 63.7 Å². The zero-order valence-corrected chi connectivity index (χ0v) is 35.4. The van der Waals surface area contributed by atoms with Crippen LogP contribution < -0.4 is 19.7 Å². The van der Waals surface area contributed by atoms with E-state index < -0.39 is 26.8 Å². The molecule has 0 radical (unpaired) electrons. The van der Waals surface area contributed by atoms with Gasteiger partial charge in [0.25, 0.3) is 5.91 Å². The molecule has 1 spiro atoms. The van der Waals surface area contributed by atoms with E-state index in [1.807, 2.05) is 25.1 Å². The Morgan fingerprint density at radius 2 is 1.93 bits per heavy atom. The van der Waals surface area contributed by atoms with Crippen molar-refractivity contribution in [2.45, 2.75) is 93.4 Å². The normalized spacial score (nSPS) is 33.0. The summed E-state index contributed by atoms with van der Waals surface area (Å²) in [7, 11) is -1.00. The number of nitrogens with one attached hydrogen (secondary N) is 2. The number of hydrogen-bond donors (Lipinski definition) is 2. The van der Waals surface area contributed by atoms with Crippen LogP contribution in [-0.4, -0.2) is 109 Å². The number of piperazine rings is 1. The van der Waals surface area contributed by atoms with E-state index in [1.54, 1.807) is 25.3 Å². The smallest absolute Gasteiger partial charge is 0.264 e. The minimum absolute atomic E-state index is 0.0648. The molecule has 4 heterocycles. The molecule has 0 aromatic heterocycles. The highest BCUT2D eigenvalue weighted by molar-refractivity contribution is 7.90. The van der Waals surface area contributed by atoms with Crippen LogP contribution in [0.4, 0.5) is 5.69 Å². The van der Waals surface area contributed by atoms with E-state index >= 15 is 0 Å². The fourth-order valence-electron chi connectivity index (χ4n) is 10.4. The fraction of sp³-hybridized carbons (Fsp3) is 0.636. The summed E-state index contributed by atoms with van der Waals surface area (Å²) in [6.45, 7) is 8.84. The van der Waals surface area contributed by atoms with E-state index in [0.29, 0.717) is 36.9 Å². The van der Waals surface area contributed by atoms with E-state index in [-0.39, 0.29) is 41.8 Å². The number of methoxy groups -OCH3 is 2. The number of halogens is 1. The number of carbonyl (C=O) groups excluding carboxylic acids is 2. The standard InChI is InChI=1S/C36H45ClN2O7S.C8H16N2/c1-24-6-4-16-36(22-40,45-3)30-11-8-27(30)20-39-21-35(15-5-7-25-18-28(37)10-12-29(25)35)23-46-32-13-9-26(19-31(32)39)34(41)38-47(42,43)33(24)14-17-44-2;1-2-5-10-6-4-9-7-8(10)3-1/h4,9-10,12-13,16,18-19,22,24,27,30,33H,5-8,11,14-15,17,20-21,23H2,1-3H3,(H,38,41);8-9H,1-7H2/b16-4+;/t24-,27-,30+,33+,35-,36-;8-/m01/s1. The van der Waals surface area contributed by atoms with Gasteiger partial charge in [-0.15, -0.1) is 0 Å². The van der Waals surface area contributed by atoms with Gasteiger partial charge < -0.3 is 24.4 Å². The number of nitrogens with zero attached hydrogens (tertiary/aromatic N) is 2. The van der Waals surface area contributed by atoms with Crippen LogP contribution in [0, 0.1) is 17.8 Å². The maximum atomic E-state index is 13.7. The molecule has 2 N–H and O–H groups in total. The van der Waals surface area contributed by atoms with Crippen molar-refractivity contribution >= 4 is 39.5 Å². The minimum Gasteiger partial charge on any atom is -0.490 e. The molecule has 1 amide bonds. The SMILES string of the molecule is C1CCN2CCNC[C@H]2C1.COCC[C@@H]1[C@@H](C)C/C=C/[C@@](C=O)(OC)[C@@H]2CC[C@H]2CN2C[C@@]3(CCCc4cc(Cl)ccc43)COc3ccc(cc32)C(=O)NS1(=O)=O. The molecule has 2 aromatic carbocycles. The number of aryl methyl sites for hydroxylation is 1. The molecule has 8 rings (SSSR count). The topological polar surface area (TPSA) is 127 Å². The summed E-state index contributed by atoms with van der Waals surface area (Å²) in [5.41, 5.74) is 1.97. The molecule has 3 fully saturated rings. The van der Waals surface area contributed by atoms with Gasteiger partial charge in [0, 0.05) is 81.5 Å². The Kier molecular flexibility index (Phi) is 13.4. The Hall–Kier alpha value is -3.00. The maximum absolute atomic E-state index is 13.7. The lowest BCUT2D eigenvalue weighted by Crippen LogP contribution is -2.53. The average molecular weight is 826 g/mol. The van der Waals surface area contributed by atoms with Gasteiger partial charge >= 0.3 is 0 Å². The lowest BCUT2D eigenvalue weighted by molar-refractivity contribution is -0.135. The molecular formula is C44H61ClN4O7S. The highest BCUT2D eigenvalue weighted by atomic mass is 35.5. The predicted octanol–water partition coefficient (Wildman–Crippen LogP) is 5.93. The average Bonchev–Trinajstić information content (AvgIpc) is 3.35. The highest BCUT2D eigenvalue weighted by Crippen LogP contribution is 2.48. The summed E-state index contributed by atoms with van der Waals surface area (Å²) < 4.78 is 47.6. The summed E-state index contributed by atoms with van der Waals surface area (Å²) in [5, 5.41) is 3.26. The lowest BCUT2D eigenvalue weighted by Gasteiger charge is -2.48. The second-order valence-electron chi connectivity index (χ2n) is 17.2. The maximum Gasteiger partial charge on any atom is 0.264 e. The molecule has 4 aliphatic heterocycles. The van der Waals surface area contributed by atoms with Crippen LogP contribution in [0.15, 0.2) is 48.6 Å². The van der Waals surface area contributed by atoms with Crippen molar-refractivity contribution in [3.05, 3.63) is 70.3 Å². The number of hydrogen-bond acceptors (Lipinski definition) is 10. The van der Waals surface area contributed by atoms with Gasteiger partial charge in [0.15, 0.2) is 6.29 Å². The first-order valence-corrected chi connectivity index (χ1v) is 22.9. The van der Waals surface area contributed by atoms with E-state index in [4.69, 9.17) is 25.8 Å². The van der Waals surface area contributed by atoms with Crippen LogP contribution in [0.25, 0.3) is 0 Å². The predicted molar refractivity (Wildman–Crippen MR) is 224 cm³/mol. The fourth-order valence-corrected chi connectivity index (χ4v) is 12.2. The molecule has 6 aliphatic rings. The van der Waals surface area contributed by atoms with Crippen LogP contribution in [0.1, 0.15) is 86.2 Å². The number of carbonyl (C=O) groups is 2. The number of allylic oxidation sites excluding steroid dienone is 1. The zero-order valence-electron chi connectivity index (χ0n) is 33.8. The minimum atomic E-state index is -4.09. The molecule has 0 unspecified atom stereocenters. The number of rotatable bonds is 5. The molecule has 2 bridgehead atoms. The van der Waals surface area contributed by atoms with Gasteiger partial charge in [-0.25, -0.2) is 13.1 Å². The summed E-state index contributed by atoms with van der Waals surface area (Å²) in [6.07, 6.45) is 14.1. The van der Waals surface area contributed by atoms with Crippen LogP contribution in [0.2, 0.25) is 5.02 Å². The summed E-state index contributed by atoms with van der Waals surface area (Å²) in [5.74, 6) is -0.330. The van der Waals surface area contributed by atoms with Crippen molar-refractivity contribution in [2.75, 3.05) is 71.6 Å². The Morgan fingerprint density at radius 3 is 2.68 bits per heavy atom. The van der Waals surface area contributed by atoms with Crippen molar-refractivity contribution in [2.24, 2.45) is 17.8 Å². The van der Waals surface area contributed by atoms with E-state index in [9.17, 15) is 18.0 Å². The van der Waals surface area contributed by atoms with Gasteiger partial charge in [-0.3, -0.25) is 14.5 Å². The number of aldehydes is 1. The molecule has 7 atom stereocenters. The number of piperidine rings is 1. The quantitative estimate of drug-likeness (QED) is 0.277. The van der Waals surface area contributed by atoms with E-state index in [2.05, 4.69) is 32.0 Å². The van der Waals surface area contributed by atoms with Crippen LogP contribution in [-0.2, 0) is 36.1 Å². The number of benzene rings is 2. The third kappa shape index (κ3) is 8.97. The first kappa shape index (κ1) is 42.1. The number of sulfonamides is 1. The number of anilines is 1. The molecule has 312 valence electrons. The monoisotopic (exact) mass is 824 g/mol. The molecule has 13 heteroatoms. The second-order valence-corrected chi connectivity index (χ2v) is 19.5. The van der Waals surface area contributed by atoms with Crippen LogP contribution in [0.5, 0.6) is 5.75 Å². The van der Waals surface area contributed by atoms with Crippen molar-refractivity contribution in [1.29, 1.82) is 0 Å². The van der Waals surface area contributed by atoms with Gasteiger partial charge in [-0.1, -0.05) is 37.1 Å². The number of fused-ring (bicyclic) bond motifs is 5. The molecule has 11 nitrogen and oxygen atoms in total. The highest BCUT2D eigenvalue weighted by Gasteiger charge is 2.49. The van der Waals surface area contributed by atoms with Crippen LogP contribution in [0.3, 0.4) is 0 Å². The molecule has 2 saturated heterocycles. The first-order valence-electron chi connectivity index (χ1n) is 21.0. The Morgan fingerprint density at radius 1 is 1.07 bits per heavy atom. The summed E-state index contributed by atoms with van der Waals surface area (Å²) in [6, 6.07) is 12.1. The largest absolute Gasteiger partial charge is 0.490 e. The third-order valence-corrected chi connectivity index (χ3v) is 16.0. The summed E-state index contributed by atoms with van der Waals surface area (Å²) >= 11 is 6.42. The van der Waals surface area contributed by atoms with E-state index in [0.717, 1.165) is 50.1 Å². The van der Waals surface area contributed by atoms with Crippen molar-refractivity contribution in [1.82, 2.24) is 14.9 Å². The number of ether oxygens (including phenoxy) is 3. The summed E-state index contributed by atoms with van der Waals surface area (Å²) in [4.78, 5) is 31.4. The van der Waals surface area contributed by atoms with Gasteiger partial charge in [0.2, 0.25) is 10.0 Å². The molecule has 57 heavy (non-hydrogen) atoms. The van der Waals surface area contributed by atoms with Gasteiger partial charge in [-0.05, 0) is 124 Å². The van der Waals surface area contributed by atoms with Gasteiger partial charge in [-0.2, -0.15) is 0 Å². The third-order valence-electron chi connectivity index (χ3n) is 13.8. The molecule has 1 saturated carbocycles.